The van der Waals surface area contributed by atoms with Gasteiger partial charge in [0.1, 0.15) is 0 Å². The Balaban J connectivity index is 0.000000443. The molecule has 0 saturated heterocycles. The van der Waals surface area contributed by atoms with Gasteiger partial charge in [-0.1, -0.05) is 184 Å². The first-order chi connectivity index (χ1) is 33.4. The molecule has 6 heteroatoms. The van der Waals surface area contributed by atoms with Crippen molar-refractivity contribution < 1.29 is 71.5 Å². The molecule has 0 aliphatic heterocycles. The summed E-state index contributed by atoms with van der Waals surface area (Å²) in [5, 5.41) is 6.06. The average Bonchev–Trinajstić information content (AvgIpc) is 4.07. The van der Waals surface area contributed by atoms with Crippen molar-refractivity contribution in [3.05, 3.63) is 215 Å². The van der Waals surface area contributed by atoms with E-state index in [0.29, 0.717) is 45.3 Å². The predicted molar refractivity (Wildman–Crippen MR) is 312 cm³/mol. The standard InChI is InChI=1S/2C12H10Si.4C11H17.2ClH.2Zr/c2*1-3-7-11(8-4-1)13-12-9-5-2-6-10-12;4*1-8-6-9(2)10(7-8)11(3,4)5;;;;/h2*1-10H;4*7-8H,1-5H3;2*1H;;/q;;4*-1;;;2*+2/p-2. The molecule has 4 aliphatic rings. The Morgan fingerprint density at radius 2 is 0.459 bits per heavy atom. The topological polar surface area (TPSA) is 0 Å². The first-order valence-electron chi connectivity index (χ1n) is 26.1. The Labute approximate surface area is 496 Å². The third-order valence-electron chi connectivity index (χ3n) is 12.5. The van der Waals surface area contributed by atoms with Crippen LogP contribution in [0.4, 0.5) is 0 Å². The van der Waals surface area contributed by atoms with E-state index in [4.69, 9.17) is 0 Å². The summed E-state index contributed by atoms with van der Waals surface area (Å²) in [4.78, 5) is 0. The monoisotopic (exact) mass is 1210 g/mol. The van der Waals surface area contributed by atoms with E-state index < -0.39 is 10.9 Å². The van der Waals surface area contributed by atoms with E-state index >= 15 is 0 Å². The first-order valence-corrected chi connectivity index (χ1v) is 36.5. The molecular weight excluding hydrogens is 1130 g/mol. The van der Waals surface area contributed by atoms with Crippen molar-refractivity contribution in [2.75, 3.05) is 0 Å². The average molecular weight is 1210 g/mol. The summed E-state index contributed by atoms with van der Waals surface area (Å²) in [6.07, 6.45) is 22.8. The van der Waals surface area contributed by atoms with Gasteiger partial charge in [-0.25, -0.2) is 22.3 Å². The summed E-state index contributed by atoms with van der Waals surface area (Å²) in [5.41, 5.74) is 11.5. The number of rotatable bonds is 4. The quantitative estimate of drug-likeness (QED) is 0.141. The van der Waals surface area contributed by atoms with Crippen molar-refractivity contribution in [1.82, 2.24) is 0 Å². The molecule has 0 heterocycles. The number of halogens is 2. The Hall–Kier alpha value is -2.42. The van der Waals surface area contributed by atoms with Crippen LogP contribution in [-0.4, -0.2) is 10.9 Å². The third kappa shape index (κ3) is 23.7. The van der Waals surface area contributed by atoms with Gasteiger partial charge in [0.25, 0.3) is 0 Å². The van der Waals surface area contributed by atoms with Crippen LogP contribution in [0, 0.1) is 69.6 Å². The number of allylic oxidation sites excluding steroid dienone is 16. The maximum absolute atomic E-state index is 3.40. The molecule has 0 aromatic heterocycles. The normalized spacial score (nSPS) is 18.6. The van der Waals surface area contributed by atoms with Crippen molar-refractivity contribution in [2.45, 2.75) is 138 Å². The Morgan fingerprint density at radius 3 is 0.554 bits per heavy atom. The van der Waals surface area contributed by atoms with Crippen molar-refractivity contribution >= 4 is 31.6 Å². The van der Waals surface area contributed by atoms with Gasteiger partial charge in [-0.3, -0.25) is 24.3 Å². The van der Waals surface area contributed by atoms with Crippen molar-refractivity contribution in [3.63, 3.8) is 0 Å². The van der Waals surface area contributed by atoms with Gasteiger partial charge in [0.2, 0.25) is 0 Å². The van der Waals surface area contributed by atoms with Gasteiger partial charge in [0.05, 0.1) is 0 Å². The SMILES string of the molecule is CC1=[C-]C(C)C=C1C(C)(C)C.CC1=[C-]C(C)C=C1C(C)(C)C.CC1=[C-]C(C)C=C1C(C)(C)C.CC1=[C-]C(C)C=C1C(C)(C)C.[Cl-].[Cl-].[Zr+2]=[Si](c1ccccc1)c1ccccc1.[Zr+2]=[Si](c1ccccc1)c1ccccc1. The van der Waals surface area contributed by atoms with E-state index in [1.165, 1.54) is 65.3 Å². The summed E-state index contributed by atoms with van der Waals surface area (Å²) in [5.74, 6) is 2.07. The van der Waals surface area contributed by atoms with E-state index in [1.807, 2.05) is 0 Å². The van der Waals surface area contributed by atoms with Gasteiger partial charge in [-0.2, -0.15) is 46.6 Å². The molecule has 4 aromatic carbocycles. The van der Waals surface area contributed by atoms with Crippen LogP contribution in [0.15, 0.2) is 190 Å². The van der Waals surface area contributed by atoms with E-state index in [1.54, 1.807) is 46.7 Å². The zero-order chi connectivity index (χ0) is 54.2. The van der Waals surface area contributed by atoms with Gasteiger partial charge in [0, 0.05) is 0 Å². The zero-order valence-electron chi connectivity index (χ0n) is 48.9. The van der Waals surface area contributed by atoms with E-state index in [-0.39, 0.29) is 24.8 Å². The maximum atomic E-state index is 3.40. The Kier molecular flexibility index (Phi) is 30.0. The molecular formula is C68H88Cl2Si2Zr2-2. The molecule has 0 nitrogen and oxygen atoms in total. The van der Waals surface area contributed by atoms with Gasteiger partial charge < -0.3 is 24.8 Å². The molecule has 0 radical (unpaired) electrons. The fourth-order valence-electron chi connectivity index (χ4n) is 9.35. The Bertz CT molecular complexity index is 2280. The number of benzene rings is 4. The Morgan fingerprint density at radius 1 is 0.311 bits per heavy atom. The zero-order valence-corrected chi connectivity index (χ0v) is 57.3. The summed E-state index contributed by atoms with van der Waals surface area (Å²) < 4.78 is 0. The van der Waals surface area contributed by atoms with E-state index in [9.17, 15) is 0 Å². The van der Waals surface area contributed by atoms with Crippen LogP contribution < -0.4 is 45.6 Å². The first kappa shape index (κ1) is 69.6. The molecule has 4 atom stereocenters. The molecule has 74 heavy (non-hydrogen) atoms. The second kappa shape index (κ2) is 31.8. The molecule has 0 spiro atoms. The third-order valence-corrected chi connectivity index (χ3v) is 24.7. The minimum atomic E-state index is -0.455. The summed E-state index contributed by atoms with van der Waals surface area (Å²) in [6.45, 7) is 44.4. The van der Waals surface area contributed by atoms with Crippen LogP contribution in [0.5, 0.6) is 0 Å². The van der Waals surface area contributed by atoms with Gasteiger partial charge in [-0.05, 0) is 0 Å². The van der Waals surface area contributed by atoms with Crippen LogP contribution in [0.25, 0.3) is 0 Å². The molecule has 4 aromatic rings. The molecule has 0 fully saturated rings. The fourth-order valence-corrected chi connectivity index (χ4v) is 17.0. The molecule has 0 bridgehead atoms. The van der Waals surface area contributed by atoms with Crippen molar-refractivity contribution in [2.24, 2.45) is 45.3 Å². The van der Waals surface area contributed by atoms with E-state index in [0.717, 1.165) is 0 Å². The van der Waals surface area contributed by atoms with Gasteiger partial charge in [0.15, 0.2) is 0 Å². The second-order valence-electron chi connectivity index (χ2n) is 23.8. The molecule has 0 amide bonds. The number of hydrogen-bond donors (Lipinski definition) is 0. The van der Waals surface area contributed by atoms with Crippen molar-refractivity contribution in [3.8, 4) is 0 Å². The van der Waals surface area contributed by atoms with Crippen LogP contribution in [0.3, 0.4) is 0 Å². The molecule has 0 saturated carbocycles. The summed E-state index contributed by atoms with van der Waals surface area (Å²) in [7, 11) is 0. The van der Waals surface area contributed by atoms with Crippen LogP contribution >= 0.6 is 0 Å². The van der Waals surface area contributed by atoms with Gasteiger partial charge >= 0.3 is 200 Å². The molecule has 0 N–H and O–H groups in total. The molecule has 4 unspecified atom stereocenters. The van der Waals surface area contributed by atoms with Crippen LogP contribution in [0.1, 0.15) is 138 Å². The number of hydrogen-bond acceptors (Lipinski definition) is 0. The molecule has 392 valence electrons. The van der Waals surface area contributed by atoms with Gasteiger partial charge in [-0.15, -0.1) is 0 Å². The van der Waals surface area contributed by atoms with Crippen LogP contribution in [0.2, 0.25) is 0 Å². The van der Waals surface area contributed by atoms with Crippen molar-refractivity contribution in [1.29, 1.82) is 0 Å². The second-order valence-corrected chi connectivity index (χ2v) is 35.0. The fraction of sp³-hybridized carbons (Fsp3) is 0.412. The molecule has 4 aliphatic carbocycles. The summed E-state index contributed by atoms with van der Waals surface area (Å²) >= 11 is 3.29. The predicted octanol–water partition coefficient (Wildman–Crippen LogP) is 10.1. The van der Waals surface area contributed by atoms with Crippen LogP contribution in [-0.2, 0) is 46.7 Å². The minimum absolute atomic E-state index is 0. The molecule has 8 rings (SSSR count). The van der Waals surface area contributed by atoms with E-state index in [2.05, 4.69) is 308 Å². The summed E-state index contributed by atoms with van der Waals surface area (Å²) in [6, 6.07) is 43.4.